The molecule has 0 radical (unpaired) electrons. The van der Waals surface area contributed by atoms with E-state index in [1.54, 1.807) is 25.1 Å². The van der Waals surface area contributed by atoms with E-state index in [9.17, 15) is 14.3 Å². The van der Waals surface area contributed by atoms with E-state index >= 15 is 0 Å². The molecule has 0 aliphatic heterocycles. The van der Waals surface area contributed by atoms with Gasteiger partial charge in [-0.3, -0.25) is 0 Å². The molecule has 1 atom stereocenters. The fraction of sp³-hybridized carbons (Fsp3) is 0.188. The van der Waals surface area contributed by atoms with Crippen LogP contribution >= 0.6 is 0 Å². The highest BCUT2D eigenvalue weighted by Crippen LogP contribution is 2.24. The molecule has 0 bridgehead atoms. The van der Waals surface area contributed by atoms with E-state index in [2.05, 4.69) is 5.32 Å². The van der Waals surface area contributed by atoms with Gasteiger partial charge in [0.15, 0.2) is 6.04 Å². The van der Waals surface area contributed by atoms with Gasteiger partial charge in [-0.2, -0.15) is 0 Å². The largest absolute Gasteiger partial charge is 0.479 e. The Morgan fingerprint density at radius 2 is 1.90 bits per heavy atom. The summed E-state index contributed by atoms with van der Waals surface area (Å²) in [7, 11) is 0. The summed E-state index contributed by atoms with van der Waals surface area (Å²) in [6.07, 6.45) is 0. The molecule has 1 unspecified atom stereocenters. The Labute approximate surface area is 117 Å². The molecule has 20 heavy (non-hydrogen) atoms. The number of hydrogen-bond donors (Lipinski definition) is 2. The first-order valence-electron chi connectivity index (χ1n) is 6.29. The number of halogens is 1. The Morgan fingerprint density at radius 1 is 1.20 bits per heavy atom. The van der Waals surface area contributed by atoms with Gasteiger partial charge in [-0.15, -0.1) is 0 Å². The van der Waals surface area contributed by atoms with Gasteiger partial charge in [0.25, 0.3) is 0 Å². The third-order valence-electron chi connectivity index (χ3n) is 3.10. The number of hydrogen-bond acceptors (Lipinski definition) is 2. The molecule has 4 heteroatoms. The lowest BCUT2D eigenvalue weighted by Crippen LogP contribution is -2.21. The SMILES string of the molecule is Cc1cc(F)cc(NC(C(=O)O)c2ccccc2C)c1. The lowest BCUT2D eigenvalue weighted by atomic mass is 10.0. The van der Waals surface area contributed by atoms with Gasteiger partial charge in [0.1, 0.15) is 5.82 Å². The average Bonchev–Trinajstić information content (AvgIpc) is 2.35. The molecule has 2 rings (SSSR count). The Kier molecular flexibility index (Phi) is 4.03. The lowest BCUT2D eigenvalue weighted by molar-refractivity contribution is -0.138. The van der Waals surface area contributed by atoms with E-state index in [-0.39, 0.29) is 5.82 Å². The van der Waals surface area contributed by atoms with Gasteiger partial charge < -0.3 is 10.4 Å². The first kappa shape index (κ1) is 14.1. The van der Waals surface area contributed by atoms with Crippen molar-refractivity contribution in [3.05, 3.63) is 65.0 Å². The molecular weight excluding hydrogens is 257 g/mol. The van der Waals surface area contributed by atoms with Crippen LogP contribution in [0, 0.1) is 19.7 Å². The molecule has 0 heterocycles. The monoisotopic (exact) mass is 273 g/mol. The summed E-state index contributed by atoms with van der Waals surface area (Å²) in [5.74, 6) is -1.39. The van der Waals surface area contributed by atoms with Crippen LogP contribution in [0.15, 0.2) is 42.5 Å². The quantitative estimate of drug-likeness (QED) is 0.893. The highest BCUT2D eigenvalue weighted by Gasteiger charge is 2.21. The molecule has 2 aromatic carbocycles. The minimum atomic E-state index is -0.999. The van der Waals surface area contributed by atoms with Crippen molar-refractivity contribution in [3.8, 4) is 0 Å². The number of benzene rings is 2. The predicted octanol–water partition coefficient (Wildman–Crippen LogP) is 3.68. The third-order valence-corrected chi connectivity index (χ3v) is 3.10. The topological polar surface area (TPSA) is 49.3 Å². The molecule has 2 aromatic rings. The zero-order valence-corrected chi connectivity index (χ0v) is 11.4. The number of carbonyl (C=O) groups is 1. The van der Waals surface area contributed by atoms with E-state index in [1.165, 1.54) is 12.1 Å². The smallest absolute Gasteiger partial charge is 0.330 e. The van der Waals surface area contributed by atoms with E-state index in [4.69, 9.17) is 0 Å². The number of rotatable bonds is 4. The van der Waals surface area contributed by atoms with Gasteiger partial charge >= 0.3 is 5.97 Å². The first-order chi connectivity index (χ1) is 9.47. The van der Waals surface area contributed by atoms with Crippen LogP contribution in [-0.4, -0.2) is 11.1 Å². The molecule has 0 aliphatic rings. The molecule has 0 saturated heterocycles. The normalized spacial score (nSPS) is 11.9. The molecule has 2 N–H and O–H groups in total. The zero-order valence-electron chi connectivity index (χ0n) is 11.4. The van der Waals surface area contributed by atoms with Crippen molar-refractivity contribution in [1.82, 2.24) is 0 Å². The van der Waals surface area contributed by atoms with Crippen LogP contribution in [0.3, 0.4) is 0 Å². The van der Waals surface area contributed by atoms with Crippen molar-refractivity contribution in [2.75, 3.05) is 5.32 Å². The maximum Gasteiger partial charge on any atom is 0.330 e. The summed E-state index contributed by atoms with van der Waals surface area (Å²) >= 11 is 0. The van der Waals surface area contributed by atoms with E-state index in [1.807, 2.05) is 19.1 Å². The highest BCUT2D eigenvalue weighted by molar-refractivity contribution is 5.79. The van der Waals surface area contributed by atoms with Crippen LogP contribution < -0.4 is 5.32 Å². The predicted molar refractivity (Wildman–Crippen MR) is 76.3 cm³/mol. The van der Waals surface area contributed by atoms with Gasteiger partial charge in [-0.05, 0) is 48.7 Å². The van der Waals surface area contributed by atoms with Crippen molar-refractivity contribution in [2.24, 2.45) is 0 Å². The number of aryl methyl sites for hydroxylation is 2. The summed E-state index contributed by atoms with van der Waals surface area (Å²) in [6, 6.07) is 10.8. The second-order valence-corrected chi connectivity index (χ2v) is 4.79. The van der Waals surface area contributed by atoms with Crippen LogP contribution in [0.5, 0.6) is 0 Å². The van der Waals surface area contributed by atoms with Crippen molar-refractivity contribution in [2.45, 2.75) is 19.9 Å². The minimum Gasteiger partial charge on any atom is -0.479 e. The van der Waals surface area contributed by atoms with E-state index in [0.29, 0.717) is 11.3 Å². The van der Waals surface area contributed by atoms with Crippen molar-refractivity contribution >= 4 is 11.7 Å². The molecule has 0 saturated carbocycles. The Bertz CT molecular complexity index is 620. The van der Waals surface area contributed by atoms with Gasteiger partial charge in [0.2, 0.25) is 0 Å². The van der Waals surface area contributed by atoms with Gasteiger partial charge in [0.05, 0.1) is 0 Å². The van der Waals surface area contributed by atoms with E-state index in [0.717, 1.165) is 11.1 Å². The zero-order chi connectivity index (χ0) is 14.7. The maximum atomic E-state index is 13.4. The van der Waals surface area contributed by atoms with Crippen molar-refractivity contribution in [1.29, 1.82) is 0 Å². The lowest BCUT2D eigenvalue weighted by Gasteiger charge is -2.18. The van der Waals surface area contributed by atoms with Gasteiger partial charge in [-0.25, -0.2) is 9.18 Å². The number of anilines is 1. The van der Waals surface area contributed by atoms with Crippen LogP contribution in [0.25, 0.3) is 0 Å². The molecule has 104 valence electrons. The third kappa shape index (κ3) is 3.15. The first-order valence-corrected chi connectivity index (χ1v) is 6.29. The van der Waals surface area contributed by atoms with Crippen LogP contribution in [0.1, 0.15) is 22.7 Å². The molecule has 0 aliphatic carbocycles. The number of nitrogens with one attached hydrogen (secondary N) is 1. The molecule has 3 nitrogen and oxygen atoms in total. The molecular formula is C16H16FNO2. The average molecular weight is 273 g/mol. The number of carboxylic acid groups (broad SMARTS) is 1. The summed E-state index contributed by atoms with van der Waals surface area (Å²) in [5, 5.41) is 12.3. The van der Waals surface area contributed by atoms with Crippen LogP contribution in [-0.2, 0) is 4.79 Å². The highest BCUT2D eigenvalue weighted by atomic mass is 19.1. The van der Waals surface area contributed by atoms with Crippen molar-refractivity contribution < 1.29 is 14.3 Å². The summed E-state index contributed by atoms with van der Waals surface area (Å²) in [6.45, 7) is 3.61. The number of carboxylic acids is 1. The number of aliphatic carboxylic acids is 1. The second-order valence-electron chi connectivity index (χ2n) is 4.79. The Morgan fingerprint density at radius 3 is 2.50 bits per heavy atom. The molecule has 0 aromatic heterocycles. The van der Waals surface area contributed by atoms with Crippen LogP contribution in [0.2, 0.25) is 0 Å². The Hall–Kier alpha value is -2.36. The molecule has 0 amide bonds. The van der Waals surface area contributed by atoms with Crippen LogP contribution in [0.4, 0.5) is 10.1 Å². The van der Waals surface area contributed by atoms with Gasteiger partial charge in [-0.1, -0.05) is 24.3 Å². The summed E-state index contributed by atoms with van der Waals surface area (Å²) in [4.78, 5) is 11.5. The Balaban J connectivity index is 2.36. The molecule has 0 fully saturated rings. The van der Waals surface area contributed by atoms with E-state index < -0.39 is 12.0 Å². The summed E-state index contributed by atoms with van der Waals surface area (Å²) in [5.41, 5.74) is 2.74. The fourth-order valence-corrected chi connectivity index (χ4v) is 2.17. The van der Waals surface area contributed by atoms with Crippen molar-refractivity contribution in [3.63, 3.8) is 0 Å². The second kappa shape index (κ2) is 5.74. The minimum absolute atomic E-state index is 0.388. The molecule has 0 spiro atoms. The fourth-order valence-electron chi connectivity index (χ4n) is 2.17. The summed E-state index contributed by atoms with van der Waals surface area (Å²) < 4.78 is 13.4. The van der Waals surface area contributed by atoms with Gasteiger partial charge in [0, 0.05) is 5.69 Å². The maximum absolute atomic E-state index is 13.4. The standard InChI is InChI=1S/C16H16FNO2/c1-10-7-12(17)9-13(8-10)18-15(16(19)20)14-6-4-3-5-11(14)2/h3-9,15,18H,1-2H3,(H,19,20).